The van der Waals surface area contributed by atoms with Crippen molar-refractivity contribution < 1.29 is 9.84 Å². The van der Waals surface area contributed by atoms with Gasteiger partial charge in [-0.15, -0.1) is 0 Å². The molecule has 2 aliphatic heterocycles. The lowest BCUT2D eigenvalue weighted by Crippen LogP contribution is -2.40. The predicted molar refractivity (Wildman–Crippen MR) is 37.7 cm³/mol. The molecule has 0 amide bonds. The molecular formula is C8H14O2. The van der Waals surface area contributed by atoms with Gasteiger partial charge in [0.1, 0.15) is 0 Å². The third-order valence-corrected chi connectivity index (χ3v) is 2.99. The molecule has 1 aliphatic carbocycles. The van der Waals surface area contributed by atoms with Gasteiger partial charge in [-0.25, -0.2) is 0 Å². The molecule has 2 saturated heterocycles. The van der Waals surface area contributed by atoms with E-state index in [4.69, 9.17) is 9.84 Å². The van der Waals surface area contributed by atoms with Crippen LogP contribution in [0.2, 0.25) is 0 Å². The summed E-state index contributed by atoms with van der Waals surface area (Å²) >= 11 is 0. The second-order valence-corrected chi connectivity index (χ2v) is 4.15. The lowest BCUT2D eigenvalue weighted by atomic mass is 9.70. The van der Waals surface area contributed by atoms with E-state index in [2.05, 4.69) is 13.8 Å². The zero-order valence-electron chi connectivity index (χ0n) is 6.55. The monoisotopic (exact) mass is 142 g/mol. The van der Waals surface area contributed by atoms with Gasteiger partial charge in [0.05, 0.1) is 17.8 Å². The van der Waals surface area contributed by atoms with Crippen LogP contribution in [0, 0.1) is 5.92 Å². The third-order valence-electron chi connectivity index (χ3n) is 2.99. The Bertz CT molecular complexity index is 157. The normalized spacial score (nSPS) is 48.9. The zero-order valence-corrected chi connectivity index (χ0v) is 6.55. The van der Waals surface area contributed by atoms with Gasteiger partial charge in [-0.05, 0) is 32.6 Å². The fraction of sp³-hybridized carbons (Fsp3) is 1.00. The molecule has 1 N–H and O–H groups in total. The Labute approximate surface area is 61.2 Å². The van der Waals surface area contributed by atoms with Crippen LogP contribution in [-0.2, 0) is 4.74 Å². The van der Waals surface area contributed by atoms with E-state index in [0.717, 1.165) is 12.8 Å². The third kappa shape index (κ3) is 0.611. The summed E-state index contributed by atoms with van der Waals surface area (Å²) in [6.45, 7) is 4.43. The van der Waals surface area contributed by atoms with Crippen LogP contribution in [-0.4, -0.2) is 22.9 Å². The number of aliphatic hydroxyl groups is 1. The van der Waals surface area contributed by atoms with Crippen LogP contribution in [0.4, 0.5) is 0 Å². The molecule has 0 radical (unpaired) electrons. The summed E-state index contributed by atoms with van der Waals surface area (Å²) in [7, 11) is 0. The van der Waals surface area contributed by atoms with E-state index in [9.17, 15) is 0 Å². The lowest BCUT2D eigenvalue weighted by molar-refractivity contribution is -0.0849. The molecule has 2 nitrogen and oxygen atoms in total. The first-order valence-electron chi connectivity index (χ1n) is 3.89. The molecule has 0 unspecified atom stereocenters. The maximum absolute atomic E-state index is 8.97. The van der Waals surface area contributed by atoms with Crippen LogP contribution < -0.4 is 0 Å². The number of rotatable bonds is 1. The van der Waals surface area contributed by atoms with Crippen LogP contribution in [0.25, 0.3) is 0 Å². The number of fused-ring (bicyclic) bond motifs is 1. The number of aliphatic hydroxyl groups excluding tert-OH is 1. The Hall–Kier alpha value is -0.0800. The quantitative estimate of drug-likeness (QED) is 0.590. The molecule has 2 bridgehead atoms. The summed E-state index contributed by atoms with van der Waals surface area (Å²) in [6.07, 6.45) is 2.13. The Kier molecular flexibility index (Phi) is 1.03. The van der Waals surface area contributed by atoms with Gasteiger partial charge in [-0.2, -0.15) is 0 Å². The average molecular weight is 142 g/mol. The van der Waals surface area contributed by atoms with Crippen molar-refractivity contribution in [2.45, 2.75) is 37.9 Å². The van der Waals surface area contributed by atoms with E-state index in [1.807, 2.05) is 0 Å². The molecule has 1 saturated carbocycles. The first-order chi connectivity index (χ1) is 4.58. The van der Waals surface area contributed by atoms with Gasteiger partial charge < -0.3 is 9.84 Å². The average Bonchev–Trinajstić information content (AvgIpc) is 2.12. The van der Waals surface area contributed by atoms with Crippen molar-refractivity contribution in [2.24, 2.45) is 5.92 Å². The summed E-state index contributed by atoms with van der Waals surface area (Å²) in [4.78, 5) is 0. The smallest absolute Gasteiger partial charge is 0.0926 e. The minimum atomic E-state index is -0.131. The lowest BCUT2D eigenvalue weighted by Gasteiger charge is -2.33. The summed E-state index contributed by atoms with van der Waals surface area (Å²) in [5.74, 6) is 0.694. The highest BCUT2D eigenvalue weighted by molar-refractivity contribution is 5.09. The molecule has 2 heteroatoms. The topological polar surface area (TPSA) is 29.5 Å². The number of hydrogen-bond donors (Lipinski definition) is 1. The molecule has 0 aromatic carbocycles. The van der Waals surface area contributed by atoms with Crippen LogP contribution in [0.5, 0.6) is 0 Å². The first kappa shape index (κ1) is 6.62. The van der Waals surface area contributed by atoms with E-state index >= 15 is 0 Å². The van der Waals surface area contributed by atoms with Crippen molar-refractivity contribution >= 4 is 0 Å². The van der Waals surface area contributed by atoms with E-state index < -0.39 is 0 Å². The largest absolute Gasteiger partial charge is 0.393 e. The molecule has 3 aliphatic rings. The summed E-state index contributed by atoms with van der Waals surface area (Å²) in [5.41, 5.74) is -0.100. The highest BCUT2D eigenvalue weighted by atomic mass is 16.5. The highest BCUT2D eigenvalue weighted by Crippen LogP contribution is 2.57. The minimum Gasteiger partial charge on any atom is -0.393 e. The Morgan fingerprint density at radius 1 is 1.50 bits per heavy atom. The van der Waals surface area contributed by atoms with Crippen LogP contribution >= 0.6 is 0 Å². The number of hydrogen-bond acceptors (Lipinski definition) is 2. The molecule has 3 fully saturated rings. The van der Waals surface area contributed by atoms with Crippen molar-refractivity contribution in [3.63, 3.8) is 0 Å². The van der Waals surface area contributed by atoms with Gasteiger partial charge in [-0.1, -0.05) is 0 Å². The molecule has 0 spiro atoms. The fourth-order valence-corrected chi connectivity index (χ4v) is 2.22. The van der Waals surface area contributed by atoms with Gasteiger partial charge in [-0.3, -0.25) is 0 Å². The summed E-state index contributed by atoms with van der Waals surface area (Å²) in [6, 6.07) is 0. The van der Waals surface area contributed by atoms with Gasteiger partial charge in [0.25, 0.3) is 0 Å². The maximum Gasteiger partial charge on any atom is 0.0926 e. The van der Waals surface area contributed by atoms with E-state index in [0.29, 0.717) is 5.92 Å². The predicted octanol–water partition coefficient (Wildman–Crippen LogP) is 0.936. The molecule has 58 valence electrons. The summed E-state index contributed by atoms with van der Waals surface area (Å²) < 4.78 is 5.71. The second-order valence-electron chi connectivity index (χ2n) is 4.15. The van der Waals surface area contributed by atoms with Gasteiger partial charge >= 0.3 is 0 Å². The van der Waals surface area contributed by atoms with E-state index in [1.165, 1.54) is 0 Å². The Morgan fingerprint density at radius 2 is 2.10 bits per heavy atom. The fourth-order valence-electron chi connectivity index (χ4n) is 2.22. The molecule has 3 rings (SSSR count). The van der Waals surface area contributed by atoms with E-state index in [1.54, 1.807) is 0 Å². The molecule has 0 aromatic heterocycles. The van der Waals surface area contributed by atoms with Crippen molar-refractivity contribution in [1.29, 1.82) is 0 Å². The maximum atomic E-state index is 8.97. The molecule has 0 atom stereocenters. The van der Waals surface area contributed by atoms with Crippen molar-refractivity contribution in [2.75, 3.05) is 6.61 Å². The Balaban J connectivity index is 2.16. The van der Waals surface area contributed by atoms with Gasteiger partial charge in [0.2, 0.25) is 0 Å². The van der Waals surface area contributed by atoms with Crippen LogP contribution in [0.15, 0.2) is 0 Å². The van der Waals surface area contributed by atoms with E-state index in [-0.39, 0.29) is 17.8 Å². The van der Waals surface area contributed by atoms with Crippen LogP contribution in [0.1, 0.15) is 26.7 Å². The highest BCUT2D eigenvalue weighted by Gasteiger charge is 2.60. The standard InChI is InChI=1S/C8H14O2/c1-7(2)6-3-8(4-6,5-9)10-7/h6,9H,3-5H2,1-2H3. The number of ether oxygens (including phenoxy) is 1. The molecule has 0 aromatic rings. The molecular weight excluding hydrogens is 128 g/mol. The van der Waals surface area contributed by atoms with Crippen molar-refractivity contribution in [3.8, 4) is 0 Å². The van der Waals surface area contributed by atoms with Crippen LogP contribution in [0.3, 0.4) is 0 Å². The summed E-state index contributed by atoms with van der Waals surface area (Å²) in [5, 5.41) is 8.97. The zero-order chi connectivity index (χ0) is 7.41. The second kappa shape index (κ2) is 1.56. The van der Waals surface area contributed by atoms with Crippen molar-refractivity contribution in [3.05, 3.63) is 0 Å². The Morgan fingerprint density at radius 3 is 2.30 bits per heavy atom. The van der Waals surface area contributed by atoms with Gasteiger partial charge in [0, 0.05) is 0 Å². The van der Waals surface area contributed by atoms with Crippen molar-refractivity contribution in [1.82, 2.24) is 0 Å². The SMILES string of the molecule is CC1(C)OC2(CO)CC1C2. The molecule has 10 heavy (non-hydrogen) atoms. The first-order valence-corrected chi connectivity index (χ1v) is 3.89. The molecule has 2 heterocycles. The van der Waals surface area contributed by atoms with Gasteiger partial charge in [0.15, 0.2) is 0 Å². The minimum absolute atomic E-state index is 0.0305.